The third-order valence-electron chi connectivity index (χ3n) is 6.11. The first-order chi connectivity index (χ1) is 17.5. The third kappa shape index (κ3) is 6.24. The van der Waals surface area contributed by atoms with Gasteiger partial charge in [-0.25, -0.2) is 4.39 Å². The van der Waals surface area contributed by atoms with Crippen LogP contribution in [-0.2, 0) is 16.0 Å². The van der Waals surface area contributed by atoms with E-state index in [1.165, 1.54) is 15.8 Å². The van der Waals surface area contributed by atoms with Crippen molar-refractivity contribution in [2.45, 2.75) is 18.9 Å². The lowest BCUT2D eigenvalue weighted by Crippen LogP contribution is -2.48. The predicted molar refractivity (Wildman–Crippen MR) is 138 cm³/mol. The Morgan fingerprint density at radius 2 is 2.03 bits per heavy atom. The molecule has 1 aliphatic heterocycles. The van der Waals surface area contributed by atoms with Gasteiger partial charge in [-0.3, -0.25) is 9.59 Å². The van der Waals surface area contributed by atoms with Crippen molar-refractivity contribution >= 4 is 34.8 Å². The maximum absolute atomic E-state index is 14.2. The Balaban J connectivity index is 1.53. The Morgan fingerprint density at radius 1 is 1.19 bits per heavy atom. The molecule has 0 radical (unpaired) electrons. The number of ether oxygens (including phenoxy) is 2. The lowest BCUT2D eigenvalue weighted by atomic mass is 10.0. The van der Waals surface area contributed by atoms with Crippen molar-refractivity contribution in [3.63, 3.8) is 0 Å². The zero-order chi connectivity index (χ0) is 25.5. The van der Waals surface area contributed by atoms with Crippen LogP contribution in [0.2, 0.25) is 5.02 Å². The Bertz CT molecular complexity index is 1200. The van der Waals surface area contributed by atoms with Gasteiger partial charge < -0.3 is 19.3 Å². The summed E-state index contributed by atoms with van der Waals surface area (Å²) in [5.41, 5.74) is 1.42. The van der Waals surface area contributed by atoms with E-state index in [-0.39, 0.29) is 36.8 Å². The fraction of sp³-hybridized carbons (Fsp3) is 0.333. The molecule has 2 amide bonds. The van der Waals surface area contributed by atoms with Gasteiger partial charge in [0, 0.05) is 42.3 Å². The molecule has 3 aromatic rings. The number of carbonyl (C=O) groups is 2. The molecular weight excluding hydrogens is 503 g/mol. The fourth-order valence-electron chi connectivity index (χ4n) is 4.32. The highest BCUT2D eigenvalue weighted by molar-refractivity contribution is 7.10. The van der Waals surface area contributed by atoms with Crippen LogP contribution in [0.25, 0.3) is 0 Å². The Kier molecular flexibility index (Phi) is 8.96. The van der Waals surface area contributed by atoms with Crippen LogP contribution >= 0.6 is 22.9 Å². The van der Waals surface area contributed by atoms with Gasteiger partial charge in [0.25, 0.3) is 5.91 Å². The van der Waals surface area contributed by atoms with E-state index in [2.05, 4.69) is 0 Å². The molecule has 1 aliphatic rings. The molecule has 0 N–H and O–H groups in total. The van der Waals surface area contributed by atoms with Crippen molar-refractivity contribution in [2.24, 2.45) is 0 Å². The van der Waals surface area contributed by atoms with Gasteiger partial charge in [-0.15, -0.1) is 11.3 Å². The van der Waals surface area contributed by atoms with E-state index in [4.69, 9.17) is 21.1 Å². The van der Waals surface area contributed by atoms with Crippen molar-refractivity contribution in [1.82, 2.24) is 9.80 Å². The molecule has 0 saturated carbocycles. The summed E-state index contributed by atoms with van der Waals surface area (Å²) in [5.74, 6) is -0.770. The summed E-state index contributed by atoms with van der Waals surface area (Å²) in [6, 6.07) is 14.5. The zero-order valence-electron chi connectivity index (χ0n) is 20.0. The van der Waals surface area contributed by atoms with Gasteiger partial charge in [0.15, 0.2) is 11.6 Å². The quantitative estimate of drug-likeness (QED) is 0.337. The number of fused-ring (bicyclic) bond motifs is 1. The van der Waals surface area contributed by atoms with Crippen molar-refractivity contribution < 1.29 is 23.5 Å². The van der Waals surface area contributed by atoms with Gasteiger partial charge in [0.05, 0.1) is 6.04 Å². The van der Waals surface area contributed by atoms with Crippen LogP contribution < -0.4 is 4.74 Å². The molecule has 2 aromatic carbocycles. The van der Waals surface area contributed by atoms with Gasteiger partial charge in [-0.05, 0) is 60.2 Å². The summed E-state index contributed by atoms with van der Waals surface area (Å²) in [6.07, 6.45) is 1.31. The minimum Gasteiger partial charge on any atom is -0.488 e. The number of thiophene rings is 1. The topological polar surface area (TPSA) is 59.1 Å². The molecule has 4 rings (SSSR count). The number of amides is 2. The largest absolute Gasteiger partial charge is 0.488 e. The van der Waals surface area contributed by atoms with Crippen LogP contribution in [0.5, 0.6) is 5.75 Å². The van der Waals surface area contributed by atoms with E-state index in [9.17, 15) is 14.0 Å². The Labute approximate surface area is 219 Å². The average molecular weight is 531 g/mol. The predicted octanol–water partition coefficient (Wildman–Crippen LogP) is 5.22. The molecule has 1 unspecified atom stereocenters. The normalized spacial score (nSPS) is 14.9. The van der Waals surface area contributed by atoms with Crippen molar-refractivity contribution in [1.29, 1.82) is 0 Å². The summed E-state index contributed by atoms with van der Waals surface area (Å²) < 4.78 is 25.1. The second-order valence-corrected chi connectivity index (χ2v) is 9.91. The van der Waals surface area contributed by atoms with Gasteiger partial charge in [-0.1, -0.05) is 29.8 Å². The van der Waals surface area contributed by atoms with Crippen LogP contribution in [0.1, 0.15) is 33.3 Å². The first kappa shape index (κ1) is 26.1. The van der Waals surface area contributed by atoms with Gasteiger partial charge in [0.1, 0.15) is 13.2 Å². The standard InChI is InChI=1S/C27H28ClFN2O4S/c1-34-14-5-12-30(27(33)19-6-4-7-20(28)16-19)17-26(32)31-13-10-25-21(11-15-36-25)23(31)18-35-24-9-3-2-8-22(24)29/h2-4,6-9,11,15-16,23H,5,10,12-14,17-18H2,1H3. The average Bonchev–Trinajstić information content (AvgIpc) is 3.36. The first-order valence-electron chi connectivity index (χ1n) is 11.7. The molecule has 1 atom stereocenters. The maximum Gasteiger partial charge on any atom is 0.254 e. The number of methoxy groups -OCH3 is 1. The number of para-hydroxylation sites is 1. The molecule has 0 saturated heterocycles. The Hall–Kier alpha value is -2.94. The highest BCUT2D eigenvalue weighted by atomic mass is 35.5. The molecule has 190 valence electrons. The number of hydrogen-bond donors (Lipinski definition) is 0. The molecule has 36 heavy (non-hydrogen) atoms. The SMILES string of the molecule is COCCCN(CC(=O)N1CCc2sccc2C1COc1ccccc1F)C(=O)c1cccc(Cl)c1. The highest BCUT2D eigenvalue weighted by Gasteiger charge is 2.33. The van der Waals surface area contributed by atoms with Gasteiger partial charge in [0.2, 0.25) is 5.91 Å². The number of halogens is 2. The second kappa shape index (κ2) is 12.3. The van der Waals surface area contributed by atoms with Crippen LogP contribution in [0.3, 0.4) is 0 Å². The van der Waals surface area contributed by atoms with Gasteiger partial charge >= 0.3 is 0 Å². The third-order valence-corrected chi connectivity index (χ3v) is 7.34. The molecule has 0 bridgehead atoms. The molecule has 0 fully saturated rings. The maximum atomic E-state index is 14.2. The van der Waals surface area contributed by atoms with Crippen LogP contribution in [0.4, 0.5) is 4.39 Å². The molecule has 2 heterocycles. The van der Waals surface area contributed by atoms with Gasteiger partial charge in [-0.2, -0.15) is 0 Å². The number of hydrogen-bond acceptors (Lipinski definition) is 5. The summed E-state index contributed by atoms with van der Waals surface area (Å²) in [7, 11) is 1.60. The zero-order valence-corrected chi connectivity index (χ0v) is 21.6. The summed E-state index contributed by atoms with van der Waals surface area (Å²) in [6.45, 7) is 1.34. The molecule has 6 nitrogen and oxygen atoms in total. The second-order valence-electron chi connectivity index (χ2n) is 8.48. The van der Waals surface area contributed by atoms with E-state index < -0.39 is 5.82 Å². The minimum absolute atomic E-state index is 0.0925. The number of rotatable bonds is 10. The van der Waals surface area contributed by atoms with Crippen LogP contribution in [0.15, 0.2) is 60.0 Å². The number of carbonyl (C=O) groups excluding carboxylic acids is 2. The Morgan fingerprint density at radius 3 is 2.81 bits per heavy atom. The van der Waals surface area contributed by atoms with Crippen LogP contribution in [0, 0.1) is 5.82 Å². The first-order valence-corrected chi connectivity index (χ1v) is 13.0. The van der Waals surface area contributed by atoms with Crippen molar-refractivity contribution in [3.05, 3.63) is 86.8 Å². The van der Waals surface area contributed by atoms with Crippen molar-refractivity contribution in [3.8, 4) is 5.75 Å². The van der Waals surface area contributed by atoms with E-state index in [0.717, 1.165) is 12.0 Å². The van der Waals surface area contributed by atoms with Crippen molar-refractivity contribution in [2.75, 3.05) is 40.0 Å². The van der Waals surface area contributed by atoms with E-state index >= 15 is 0 Å². The summed E-state index contributed by atoms with van der Waals surface area (Å²) in [5, 5.41) is 2.45. The van der Waals surface area contributed by atoms with E-state index in [0.29, 0.717) is 36.7 Å². The molecule has 0 spiro atoms. The summed E-state index contributed by atoms with van der Waals surface area (Å²) >= 11 is 7.74. The van der Waals surface area contributed by atoms with E-state index in [1.54, 1.807) is 65.8 Å². The summed E-state index contributed by atoms with van der Waals surface area (Å²) in [4.78, 5) is 31.4. The lowest BCUT2D eigenvalue weighted by molar-refractivity contribution is -0.135. The smallest absolute Gasteiger partial charge is 0.254 e. The number of nitrogens with zero attached hydrogens (tertiary/aromatic N) is 2. The molecule has 0 aliphatic carbocycles. The minimum atomic E-state index is -0.451. The lowest BCUT2D eigenvalue weighted by Gasteiger charge is -2.37. The molecule has 1 aromatic heterocycles. The monoisotopic (exact) mass is 530 g/mol. The molecular formula is C27H28ClFN2O4S. The number of benzene rings is 2. The van der Waals surface area contributed by atoms with E-state index in [1.807, 2.05) is 11.4 Å². The fourth-order valence-corrected chi connectivity index (χ4v) is 5.43. The highest BCUT2D eigenvalue weighted by Crippen LogP contribution is 2.34. The van der Waals surface area contributed by atoms with Crippen LogP contribution in [-0.4, -0.2) is 61.6 Å². The molecule has 9 heteroatoms.